The molecule has 0 saturated carbocycles. The molecule has 1 aliphatic heterocycles. The molecule has 0 bridgehead atoms. The van der Waals surface area contributed by atoms with E-state index in [1.807, 2.05) is 6.92 Å². The van der Waals surface area contributed by atoms with Crippen LogP contribution in [-0.2, 0) is 14.8 Å². The number of amides is 1. The summed E-state index contributed by atoms with van der Waals surface area (Å²) in [7, 11) is -3.51. The van der Waals surface area contributed by atoms with Crippen molar-refractivity contribution in [2.24, 2.45) is 0 Å². The van der Waals surface area contributed by atoms with Gasteiger partial charge in [0.05, 0.1) is 11.5 Å². The van der Waals surface area contributed by atoms with Crippen molar-refractivity contribution in [2.75, 3.05) is 38.2 Å². The van der Waals surface area contributed by atoms with Crippen LogP contribution in [0.25, 0.3) is 0 Å². The normalized spacial score (nSPS) is 14.7. The molecule has 3 rings (SSSR count). The van der Waals surface area contributed by atoms with Crippen molar-refractivity contribution in [3.8, 4) is 5.75 Å². The molecule has 0 unspecified atom stereocenters. The van der Waals surface area contributed by atoms with Gasteiger partial charge < -0.3 is 14.8 Å². The molecule has 184 valence electrons. The van der Waals surface area contributed by atoms with E-state index < -0.39 is 10.0 Å². The standard InChI is InChI=1S/C24H31N3O5S2/c1-2-31-17-18-32-21-11-7-19(8-12-21)23(28)26-24(33)25-20-9-13-22(14-10-20)34(29,30)27-15-5-3-4-6-16-27/h7-14H,2-6,15-18H2,1H3,(H2,25,26,28,33). The summed E-state index contributed by atoms with van der Waals surface area (Å²) in [6, 6.07) is 13.1. The maximum absolute atomic E-state index is 12.9. The van der Waals surface area contributed by atoms with Crippen molar-refractivity contribution in [3.63, 3.8) is 0 Å². The third kappa shape index (κ3) is 7.49. The Hall–Kier alpha value is -2.53. The van der Waals surface area contributed by atoms with Crippen molar-refractivity contribution in [3.05, 3.63) is 54.1 Å². The molecular weight excluding hydrogens is 474 g/mol. The molecule has 2 N–H and O–H groups in total. The van der Waals surface area contributed by atoms with Gasteiger partial charge >= 0.3 is 0 Å². The van der Waals surface area contributed by atoms with E-state index >= 15 is 0 Å². The fourth-order valence-corrected chi connectivity index (χ4v) is 5.27. The van der Waals surface area contributed by atoms with Crippen LogP contribution >= 0.6 is 12.2 Å². The zero-order chi connectivity index (χ0) is 24.4. The highest BCUT2D eigenvalue weighted by Gasteiger charge is 2.25. The molecule has 0 aliphatic carbocycles. The summed E-state index contributed by atoms with van der Waals surface area (Å²) in [5, 5.41) is 5.65. The SMILES string of the molecule is CCOCCOc1ccc(C(=O)NC(=S)Nc2ccc(S(=O)(=O)N3CCCCCC3)cc2)cc1. The highest BCUT2D eigenvalue weighted by molar-refractivity contribution is 7.89. The molecule has 1 heterocycles. The second kappa shape index (κ2) is 12.8. The smallest absolute Gasteiger partial charge is 0.257 e. The van der Waals surface area contributed by atoms with E-state index in [0.29, 0.717) is 49.9 Å². The first kappa shape index (κ1) is 26.1. The zero-order valence-electron chi connectivity index (χ0n) is 19.3. The summed E-state index contributed by atoms with van der Waals surface area (Å²) >= 11 is 5.24. The van der Waals surface area contributed by atoms with Gasteiger partial charge in [0.2, 0.25) is 10.0 Å². The third-order valence-corrected chi connectivity index (χ3v) is 7.48. The van der Waals surface area contributed by atoms with Crippen LogP contribution < -0.4 is 15.4 Å². The highest BCUT2D eigenvalue weighted by atomic mass is 32.2. The number of hydrogen-bond acceptors (Lipinski definition) is 6. The largest absolute Gasteiger partial charge is 0.491 e. The molecule has 34 heavy (non-hydrogen) atoms. The van der Waals surface area contributed by atoms with Gasteiger partial charge in [0.1, 0.15) is 12.4 Å². The van der Waals surface area contributed by atoms with Crippen LogP contribution in [0.1, 0.15) is 43.0 Å². The Balaban J connectivity index is 1.52. The van der Waals surface area contributed by atoms with Crippen LogP contribution in [0, 0.1) is 0 Å². The van der Waals surface area contributed by atoms with Crippen molar-refractivity contribution in [1.29, 1.82) is 0 Å². The van der Waals surface area contributed by atoms with Crippen LogP contribution in [0.2, 0.25) is 0 Å². The van der Waals surface area contributed by atoms with Crippen LogP contribution in [0.4, 0.5) is 5.69 Å². The summed E-state index contributed by atoms with van der Waals surface area (Å²) in [5.41, 5.74) is 1.01. The van der Waals surface area contributed by atoms with E-state index in [1.165, 1.54) is 0 Å². The molecule has 2 aromatic rings. The molecule has 2 aromatic carbocycles. The van der Waals surface area contributed by atoms with Crippen molar-refractivity contribution >= 4 is 38.9 Å². The second-order valence-corrected chi connectivity index (χ2v) is 10.2. The topological polar surface area (TPSA) is 97.0 Å². The lowest BCUT2D eigenvalue weighted by molar-refractivity contribution is 0.0977. The summed E-state index contributed by atoms with van der Waals surface area (Å²) in [6.07, 6.45) is 3.89. The summed E-state index contributed by atoms with van der Waals surface area (Å²) < 4.78 is 38.1. The zero-order valence-corrected chi connectivity index (χ0v) is 20.9. The Morgan fingerprint density at radius 2 is 1.62 bits per heavy atom. The molecule has 0 aromatic heterocycles. The number of rotatable bonds is 9. The molecule has 0 radical (unpaired) electrons. The third-order valence-electron chi connectivity index (χ3n) is 5.36. The van der Waals surface area contributed by atoms with Gasteiger partial charge in [-0.2, -0.15) is 4.31 Å². The number of hydrogen-bond donors (Lipinski definition) is 2. The molecule has 10 heteroatoms. The summed E-state index contributed by atoms with van der Waals surface area (Å²) in [4.78, 5) is 12.7. The molecule has 1 aliphatic rings. The maximum atomic E-state index is 12.9. The van der Waals surface area contributed by atoms with Gasteiger partial charge in [-0.25, -0.2) is 8.42 Å². The lowest BCUT2D eigenvalue weighted by Gasteiger charge is -2.20. The first-order valence-electron chi connectivity index (χ1n) is 11.4. The molecule has 1 saturated heterocycles. The van der Waals surface area contributed by atoms with Gasteiger partial charge in [-0.3, -0.25) is 10.1 Å². The van der Waals surface area contributed by atoms with E-state index in [2.05, 4.69) is 10.6 Å². The summed E-state index contributed by atoms with van der Waals surface area (Å²) in [5.74, 6) is 0.283. The molecule has 0 spiro atoms. The van der Waals surface area contributed by atoms with Crippen molar-refractivity contribution < 1.29 is 22.7 Å². The number of thiocarbonyl (C=S) groups is 1. The Morgan fingerprint density at radius 3 is 2.24 bits per heavy atom. The van der Waals surface area contributed by atoms with Gasteiger partial charge in [0.25, 0.3) is 5.91 Å². The first-order valence-corrected chi connectivity index (χ1v) is 13.3. The fourth-order valence-electron chi connectivity index (χ4n) is 3.54. The Morgan fingerprint density at radius 1 is 0.971 bits per heavy atom. The van der Waals surface area contributed by atoms with Crippen LogP contribution in [0.5, 0.6) is 5.75 Å². The molecule has 1 amide bonds. The number of ether oxygens (including phenoxy) is 2. The quantitative estimate of drug-likeness (QED) is 0.395. The lowest BCUT2D eigenvalue weighted by atomic mass is 10.2. The Labute approximate surface area is 206 Å². The van der Waals surface area contributed by atoms with E-state index in [1.54, 1.807) is 52.8 Å². The minimum Gasteiger partial charge on any atom is -0.491 e. The number of anilines is 1. The average molecular weight is 506 g/mol. The van der Waals surface area contributed by atoms with Crippen molar-refractivity contribution in [1.82, 2.24) is 9.62 Å². The van der Waals surface area contributed by atoms with Gasteiger partial charge in [-0.05, 0) is 80.5 Å². The Bertz CT molecular complexity index is 1050. The van der Waals surface area contributed by atoms with Gasteiger partial charge in [-0.15, -0.1) is 0 Å². The van der Waals surface area contributed by atoms with E-state index in [4.69, 9.17) is 21.7 Å². The van der Waals surface area contributed by atoms with Crippen LogP contribution in [0.3, 0.4) is 0 Å². The minimum atomic E-state index is -3.51. The highest BCUT2D eigenvalue weighted by Crippen LogP contribution is 2.22. The predicted octanol–water partition coefficient (Wildman–Crippen LogP) is 3.79. The van der Waals surface area contributed by atoms with Gasteiger partial charge in [0, 0.05) is 30.9 Å². The van der Waals surface area contributed by atoms with E-state index in [-0.39, 0.29) is 15.9 Å². The molecule has 8 nitrogen and oxygen atoms in total. The number of carbonyl (C=O) groups excluding carboxylic acids is 1. The summed E-state index contributed by atoms with van der Waals surface area (Å²) in [6.45, 7) is 4.61. The molecular formula is C24H31N3O5S2. The monoisotopic (exact) mass is 505 g/mol. The number of carbonyl (C=O) groups is 1. The van der Waals surface area contributed by atoms with Crippen molar-refractivity contribution in [2.45, 2.75) is 37.5 Å². The molecule has 1 fully saturated rings. The number of benzene rings is 2. The predicted molar refractivity (Wildman–Crippen MR) is 136 cm³/mol. The minimum absolute atomic E-state index is 0.116. The number of sulfonamides is 1. The lowest BCUT2D eigenvalue weighted by Crippen LogP contribution is -2.34. The average Bonchev–Trinajstić information content (AvgIpc) is 3.13. The van der Waals surface area contributed by atoms with Crippen LogP contribution in [-0.4, -0.2) is 56.7 Å². The Kier molecular flexibility index (Phi) is 9.82. The number of nitrogens with one attached hydrogen (secondary N) is 2. The van der Waals surface area contributed by atoms with E-state index in [0.717, 1.165) is 25.7 Å². The first-order chi connectivity index (χ1) is 16.4. The van der Waals surface area contributed by atoms with E-state index in [9.17, 15) is 13.2 Å². The second-order valence-electron chi connectivity index (χ2n) is 7.82. The molecule has 0 atom stereocenters. The van der Waals surface area contributed by atoms with Crippen LogP contribution in [0.15, 0.2) is 53.4 Å². The maximum Gasteiger partial charge on any atom is 0.257 e. The fraction of sp³-hybridized carbons (Fsp3) is 0.417. The van der Waals surface area contributed by atoms with Gasteiger partial charge in [0.15, 0.2) is 5.11 Å². The van der Waals surface area contributed by atoms with Gasteiger partial charge in [-0.1, -0.05) is 12.8 Å². The number of nitrogens with zero attached hydrogens (tertiary/aromatic N) is 1.